The predicted molar refractivity (Wildman–Crippen MR) is 69.3 cm³/mol. The van der Waals surface area contributed by atoms with Gasteiger partial charge in [0.15, 0.2) is 0 Å². The van der Waals surface area contributed by atoms with E-state index in [0.29, 0.717) is 22.2 Å². The van der Waals surface area contributed by atoms with Gasteiger partial charge in [-0.15, -0.1) is 0 Å². The Bertz CT molecular complexity index is 669. The number of rotatable bonds is 4. The number of hydrogen-bond donors (Lipinski definition) is 2. The van der Waals surface area contributed by atoms with E-state index >= 15 is 0 Å². The van der Waals surface area contributed by atoms with Gasteiger partial charge in [0, 0.05) is 29.0 Å². The van der Waals surface area contributed by atoms with Crippen LogP contribution in [0.5, 0.6) is 0 Å². The molecule has 2 aromatic rings. The summed E-state index contributed by atoms with van der Waals surface area (Å²) in [7, 11) is 0. The second kappa shape index (κ2) is 4.89. The maximum Gasteiger partial charge on any atom is 0.322 e. The molecule has 2 rings (SSSR count). The van der Waals surface area contributed by atoms with E-state index in [1.807, 2.05) is 0 Å². The third-order valence-corrected chi connectivity index (χ3v) is 2.64. The maximum absolute atomic E-state index is 10.9. The highest BCUT2D eigenvalue weighted by atomic mass is 16.6. The van der Waals surface area contributed by atoms with Crippen molar-refractivity contribution in [2.45, 2.75) is 6.92 Å². The largest absolute Gasteiger partial charge is 0.480 e. The van der Waals surface area contributed by atoms with Gasteiger partial charge in [-0.3, -0.25) is 19.9 Å². The Morgan fingerprint density at radius 1 is 1.47 bits per heavy atom. The normalized spacial score (nSPS) is 10.4. The van der Waals surface area contributed by atoms with Crippen LogP contribution in [0.1, 0.15) is 5.69 Å². The van der Waals surface area contributed by atoms with Gasteiger partial charge in [0.1, 0.15) is 6.54 Å². The van der Waals surface area contributed by atoms with Crippen LogP contribution in [0.3, 0.4) is 0 Å². The molecule has 1 aromatic heterocycles. The fourth-order valence-electron chi connectivity index (χ4n) is 1.81. The summed E-state index contributed by atoms with van der Waals surface area (Å²) in [5.74, 6) is -1.00. The van der Waals surface area contributed by atoms with Crippen LogP contribution < -0.4 is 5.32 Å². The van der Waals surface area contributed by atoms with Crippen LogP contribution in [-0.2, 0) is 4.79 Å². The van der Waals surface area contributed by atoms with Gasteiger partial charge in [0.25, 0.3) is 5.69 Å². The van der Waals surface area contributed by atoms with Gasteiger partial charge in [0.2, 0.25) is 0 Å². The van der Waals surface area contributed by atoms with E-state index < -0.39 is 10.9 Å². The minimum absolute atomic E-state index is 0.0524. The molecule has 7 nitrogen and oxygen atoms in total. The summed E-state index contributed by atoms with van der Waals surface area (Å²) < 4.78 is 0. The molecule has 1 aromatic carbocycles. The zero-order valence-corrected chi connectivity index (χ0v) is 10.1. The van der Waals surface area contributed by atoms with Crippen LogP contribution in [-0.4, -0.2) is 27.5 Å². The van der Waals surface area contributed by atoms with E-state index in [2.05, 4.69) is 10.3 Å². The molecule has 0 fully saturated rings. The van der Waals surface area contributed by atoms with Gasteiger partial charge in [-0.1, -0.05) is 0 Å². The molecular weight excluding hydrogens is 250 g/mol. The molecule has 2 N–H and O–H groups in total. The molecule has 0 atom stereocenters. The van der Waals surface area contributed by atoms with Gasteiger partial charge >= 0.3 is 5.97 Å². The Balaban J connectivity index is 2.60. The molecule has 0 aliphatic heterocycles. The van der Waals surface area contributed by atoms with Crippen molar-refractivity contribution in [3.05, 3.63) is 40.2 Å². The number of benzene rings is 1. The third kappa shape index (κ3) is 2.59. The van der Waals surface area contributed by atoms with Gasteiger partial charge in [0.05, 0.1) is 10.3 Å². The minimum atomic E-state index is -1.00. The lowest BCUT2D eigenvalue weighted by atomic mass is 10.1. The summed E-state index contributed by atoms with van der Waals surface area (Å²) in [6.45, 7) is 1.51. The van der Waals surface area contributed by atoms with Crippen molar-refractivity contribution in [2.24, 2.45) is 0 Å². The maximum atomic E-state index is 10.9. The smallest absolute Gasteiger partial charge is 0.322 e. The highest BCUT2D eigenvalue weighted by Crippen LogP contribution is 2.31. The molecular formula is C12H11N3O4. The number of carboxylic acids is 1. The number of hydrogen-bond acceptors (Lipinski definition) is 5. The highest BCUT2D eigenvalue weighted by Gasteiger charge is 2.15. The molecule has 0 saturated carbocycles. The fraction of sp³-hybridized carbons (Fsp3) is 0.167. The Kier molecular flexibility index (Phi) is 3.28. The predicted octanol–water partition coefficient (Wildman–Crippen LogP) is 1.95. The second-order valence-electron chi connectivity index (χ2n) is 4.01. The number of anilines is 1. The number of nitro groups is 1. The number of carboxylic acid groups (broad SMARTS) is 1. The zero-order chi connectivity index (χ0) is 14.0. The summed E-state index contributed by atoms with van der Waals surface area (Å²) in [6.07, 6.45) is 1.43. The van der Waals surface area contributed by atoms with Crippen molar-refractivity contribution in [2.75, 3.05) is 11.9 Å². The van der Waals surface area contributed by atoms with E-state index in [0.717, 1.165) is 0 Å². The van der Waals surface area contributed by atoms with Gasteiger partial charge < -0.3 is 10.4 Å². The number of aliphatic carboxylic acids is 1. The summed E-state index contributed by atoms with van der Waals surface area (Å²) in [5, 5.41) is 23.3. The third-order valence-electron chi connectivity index (χ3n) is 2.64. The molecule has 0 spiro atoms. The van der Waals surface area contributed by atoms with Crippen LogP contribution in [0, 0.1) is 17.0 Å². The number of non-ortho nitro benzene ring substituents is 1. The number of aryl methyl sites for hydroxylation is 1. The fourth-order valence-corrected chi connectivity index (χ4v) is 1.81. The Morgan fingerprint density at radius 3 is 2.84 bits per heavy atom. The van der Waals surface area contributed by atoms with E-state index in [1.54, 1.807) is 13.0 Å². The summed E-state index contributed by atoms with van der Waals surface area (Å²) in [5.41, 5.74) is 1.18. The number of pyridine rings is 1. The highest BCUT2D eigenvalue weighted by molar-refractivity contribution is 6.00. The first kappa shape index (κ1) is 12.7. The molecule has 19 heavy (non-hydrogen) atoms. The summed E-state index contributed by atoms with van der Waals surface area (Å²) in [4.78, 5) is 25.1. The number of aromatic nitrogens is 1. The summed E-state index contributed by atoms with van der Waals surface area (Å²) in [6, 6.07) is 4.53. The standard InChI is InChI=1S/C12H11N3O4/c1-7-4-8-9(5-13-7)11(15(18)19)3-2-10(8)14-6-12(16)17/h2-5,14H,6H2,1H3,(H,16,17). The molecule has 7 heteroatoms. The minimum Gasteiger partial charge on any atom is -0.480 e. The second-order valence-corrected chi connectivity index (χ2v) is 4.01. The number of nitro benzene ring substituents is 1. The van der Waals surface area contributed by atoms with Crippen LogP contribution in [0.4, 0.5) is 11.4 Å². The molecule has 0 saturated heterocycles. The van der Waals surface area contributed by atoms with E-state index in [-0.39, 0.29) is 12.2 Å². The Morgan fingerprint density at radius 2 is 2.21 bits per heavy atom. The molecule has 98 valence electrons. The molecule has 0 radical (unpaired) electrons. The Hall–Kier alpha value is -2.70. The Labute approximate surface area is 108 Å². The number of carbonyl (C=O) groups is 1. The number of nitrogens with one attached hydrogen (secondary N) is 1. The van der Waals surface area contributed by atoms with Crippen molar-refractivity contribution in [3.63, 3.8) is 0 Å². The lowest BCUT2D eigenvalue weighted by molar-refractivity contribution is -0.383. The van der Waals surface area contributed by atoms with Gasteiger partial charge in [-0.25, -0.2) is 0 Å². The lowest BCUT2D eigenvalue weighted by Gasteiger charge is -2.08. The van der Waals surface area contributed by atoms with Crippen LogP contribution in [0.25, 0.3) is 10.8 Å². The SMILES string of the molecule is Cc1cc2c(NCC(=O)O)ccc([N+](=O)[O-])c2cn1. The lowest BCUT2D eigenvalue weighted by Crippen LogP contribution is -2.12. The number of nitrogens with zero attached hydrogens (tertiary/aromatic N) is 2. The van der Waals surface area contributed by atoms with Crippen molar-refractivity contribution < 1.29 is 14.8 Å². The van der Waals surface area contributed by atoms with Crippen LogP contribution in [0.15, 0.2) is 24.4 Å². The summed E-state index contributed by atoms with van der Waals surface area (Å²) >= 11 is 0. The van der Waals surface area contributed by atoms with Crippen LogP contribution in [0.2, 0.25) is 0 Å². The van der Waals surface area contributed by atoms with Gasteiger partial charge in [-0.2, -0.15) is 0 Å². The molecule has 0 bridgehead atoms. The molecule has 0 amide bonds. The zero-order valence-electron chi connectivity index (χ0n) is 10.1. The van der Waals surface area contributed by atoms with E-state index in [9.17, 15) is 14.9 Å². The van der Waals surface area contributed by atoms with Crippen molar-refractivity contribution in [1.29, 1.82) is 0 Å². The monoisotopic (exact) mass is 261 g/mol. The topological polar surface area (TPSA) is 105 Å². The van der Waals surface area contributed by atoms with E-state index in [1.165, 1.54) is 18.3 Å². The first-order valence-corrected chi connectivity index (χ1v) is 5.48. The number of fused-ring (bicyclic) bond motifs is 1. The molecule has 0 aliphatic carbocycles. The molecule has 0 unspecified atom stereocenters. The molecule has 0 aliphatic rings. The van der Waals surface area contributed by atoms with Crippen LogP contribution >= 0.6 is 0 Å². The van der Waals surface area contributed by atoms with Gasteiger partial charge in [-0.05, 0) is 19.1 Å². The van der Waals surface area contributed by atoms with Crippen molar-refractivity contribution >= 4 is 28.1 Å². The quantitative estimate of drug-likeness (QED) is 0.643. The van der Waals surface area contributed by atoms with Crippen molar-refractivity contribution in [3.8, 4) is 0 Å². The first-order chi connectivity index (χ1) is 8.99. The van der Waals surface area contributed by atoms with Crippen molar-refractivity contribution in [1.82, 2.24) is 4.98 Å². The van der Waals surface area contributed by atoms with E-state index in [4.69, 9.17) is 5.11 Å². The average molecular weight is 261 g/mol. The first-order valence-electron chi connectivity index (χ1n) is 5.48. The average Bonchev–Trinajstić information content (AvgIpc) is 2.35. The molecule has 1 heterocycles.